The lowest BCUT2D eigenvalue weighted by atomic mass is 9.97. The summed E-state index contributed by atoms with van der Waals surface area (Å²) in [6, 6.07) is 16.7. The fraction of sp³-hybridized carbons (Fsp3) is 0.231. The number of nitrogens with one attached hydrogen (secondary N) is 1. The predicted molar refractivity (Wildman–Crippen MR) is 144 cm³/mol. The number of rotatable bonds is 6. The number of hydrogen-bond acceptors (Lipinski definition) is 6. The summed E-state index contributed by atoms with van der Waals surface area (Å²) in [5.41, 5.74) is 5.96. The molecule has 1 amide bonds. The Morgan fingerprint density at radius 2 is 1.89 bits per heavy atom. The van der Waals surface area contributed by atoms with E-state index in [1.54, 1.807) is 28.0 Å². The molecule has 178 valence electrons. The molecule has 2 heterocycles. The monoisotopic (exact) mass is 522 g/mol. The van der Waals surface area contributed by atoms with Gasteiger partial charge in [0.1, 0.15) is 4.83 Å². The molecule has 0 aliphatic heterocycles. The fourth-order valence-electron chi connectivity index (χ4n) is 4.15. The third-order valence-corrected chi connectivity index (χ3v) is 8.29. The summed E-state index contributed by atoms with van der Waals surface area (Å²) < 4.78 is 1.63. The Balaban J connectivity index is 1.42. The molecular formula is C26H23ClN4O2S2. The second-order valence-corrected chi connectivity index (χ2v) is 10.8. The molecule has 1 aliphatic carbocycles. The van der Waals surface area contributed by atoms with Crippen molar-refractivity contribution in [2.75, 3.05) is 5.75 Å². The highest BCUT2D eigenvalue weighted by Crippen LogP contribution is 2.35. The van der Waals surface area contributed by atoms with Crippen LogP contribution in [0.1, 0.15) is 35.8 Å². The summed E-state index contributed by atoms with van der Waals surface area (Å²) in [4.78, 5) is 33.2. The maximum atomic E-state index is 13.7. The van der Waals surface area contributed by atoms with E-state index in [1.807, 2.05) is 49.4 Å². The largest absolute Gasteiger partial charge is 0.272 e. The first-order valence-corrected chi connectivity index (χ1v) is 13.5. The van der Waals surface area contributed by atoms with Crippen molar-refractivity contribution >= 4 is 56.5 Å². The average molecular weight is 523 g/mol. The molecule has 1 N–H and O–H groups in total. The summed E-state index contributed by atoms with van der Waals surface area (Å²) in [6.07, 6.45) is 4.15. The highest BCUT2D eigenvalue weighted by molar-refractivity contribution is 7.99. The van der Waals surface area contributed by atoms with E-state index in [1.165, 1.54) is 16.6 Å². The molecule has 0 unspecified atom stereocenters. The number of thioether (sulfide) groups is 1. The van der Waals surface area contributed by atoms with Crippen LogP contribution in [0.15, 0.2) is 69.6 Å². The number of aryl methyl sites for hydroxylation is 2. The first kappa shape index (κ1) is 23.8. The maximum absolute atomic E-state index is 13.7. The minimum atomic E-state index is -0.275. The molecular weight excluding hydrogens is 500 g/mol. The molecule has 4 aromatic rings. The van der Waals surface area contributed by atoms with Gasteiger partial charge in [-0.2, -0.15) is 5.10 Å². The summed E-state index contributed by atoms with van der Waals surface area (Å²) in [6.45, 7) is 1.82. The Morgan fingerprint density at radius 1 is 1.14 bits per heavy atom. The Kier molecular flexibility index (Phi) is 7.04. The minimum Gasteiger partial charge on any atom is -0.272 e. The van der Waals surface area contributed by atoms with E-state index >= 15 is 0 Å². The molecule has 0 fully saturated rings. The number of fused-ring (bicyclic) bond motifs is 3. The lowest BCUT2D eigenvalue weighted by molar-refractivity contribution is -0.118. The van der Waals surface area contributed by atoms with E-state index in [0.29, 0.717) is 15.9 Å². The molecule has 9 heteroatoms. The summed E-state index contributed by atoms with van der Waals surface area (Å²) in [5, 5.41) is 6.07. The van der Waals surface area contributed by atoms with Crippen LogP contribution in [0.5, 0.6) is 0 Å². The molecule has 0 spiro atoms. The Bertz CT molecular complexity index is 1480. The van der Waals surface area contributed by atoms with Crippen molar-refractivity contribution in [3.8, 4) is 5.69 Å². The first-order valence-electron chi connectivity index (χ1n) is 11.4. The number of carbonyl (C=O) groups is 1. The summed E-state index contributed by atoms with van der Waals surface area (Å²) in [7, 11) is 0. The molecule has 2 aromatic carbocycles. The topological polar surface area (TPSA) is 76.3 Å². The summed E-state index contributed by atoms with van der Waals surface area (Å²) in [5.74, 6) is -0.199. The van der Waals surface area contributed by atoms with E-state index in [4.69, 9.17) is 16.6 Å². The van der Waals surface area contributed by atoms with Crippen LogP contribution in [0.3, 0.4) is 0 Å². The van der Waals surface area contributed by atoms with Gasteiger partial charge in [-0.1, -0.05) is 53.7 Å². The lowest BCUT2D eigenvalue weighted by Crippen LogP contribution is -2.24. The number of aromatic nitrogens is 2. The quantitative estimate of drug-likeness (QED) is 0.154. The van der Waals surface area contributed by atoms with Crippen LogP contribution in [0.2, 0.25) is 5.02 Å². The standard InChI is InChI=1S/C26H23ClN4O2S2/c1-16(17-11-13-18(27)14-12-17)29-30-22(32)15-34-26-28-24-23(20-9-5-6-10-21(20)35-24)25(33)31(26)19-7-3-2-4-8-19/h2-4,7-8,11-14H,5-6,9-10,15H2,1H3,(H,30,32). The van der Waals surface area contributed by atoms with Crippen molar-refractivity contribution in [1.82, 2.24) is 15.0 Å². The minimum absolute atomic E-state index is 0.0693. The first-order chi connectivity index (χ1) is 17.0. The molecule has 5 rings (SSSR count). The van der Waals surface area contributed by atoms with Crippen LogP contribution in [0, 0.1) is 0 Å². The van der Waals surface area contributed by atoms with E-state index in [-0.39, 0.29) is 17.2 Å². The number of nitrogens with zero attached hydrogens (tertiary/aromatic N) is 3. The Labute approximate surface area is 216 Å². The molecule has 0 saturated carbocycles. The van der Waals surface area contributed by atoms with Crippen molar-refractivity contribution in [2.45, 2.75) is 37.8 Å². The number of para-hydroxylation sites is 1. The Morgan fingerprint density at radius 3 is 2.66 bits per heavy atom. The SMILES string of the molecule is CC(=NNC(=O)CSc1nc2sc3c(c2c(=O)n1-c1ccccc1)CCCC3)c1ccc(Cl)cc1. The van der Waals surface area contributed by atoms with Crippen LogP contribution in [0.4, 0.5) is 0 Å². The molecule has 0 bridgehead atoms. The van der Waals surface area contributed by atoms with Crippen molar-refractivity contribution in [3.05, 3.63) is 86.0 Å². The third-order valence-electron chi connectivity index (χ3n) is 5.92. The molecule has 35 heavy (non-hydrogen) atoms. The number of benzene rings is 2. The molecule has 0 atom stereocenters. The van der Waals surface area contributed by atoms with Crippen LogP contribution >= 0.6 is 34.7 Å². The van der Waals surface area contributed by atoms with Crippen molar-refractivity contribution in [2.24, 2.45) is 5.10 Å². The van der Waals surface area contributed by atoms with Gasteiger partial charge in [-0.05, 0) is 68.0 Å². The van der Waals surface area contributed by atoms with E-state index in [0.717, 1.165) is 52.7 Å². The number of thiophene rings is 1. The van der Waals surface area contributed by atoms with Gasteiger partial charge in [0.25, 0.3) is 11.5 Å². The van der Waals surface area contributed by atoms with Crippen molar-refractivity contribution < 1.29 is 4.79 Å². The number of hydrazone groups is 1. The molecule has 0 radical (unpaired) electrons. The number of carbonyl (C=O) groups excluding carboxylic acids is 1. The molecule has 1 aliphatic rings. The number of amides is 1. The van der Waals surface area contributed by atoms with Gasteiger partial charge in [0.2, 0.25) is 0 Å². The van der Waals surface area contributed by atoms with Gasteiger partial charge in [0.15, 0.2) is 5.16 Å². The average Bonchev–Trinajstić information content (AvgIpc) is 3.25. The fourth-order valence-corrected chi connectivity index (χ4v) is 6.39. The van der Waals surface area contributed by atoms with Crippen LogP contribution in [-0.2, 0) is 17.6 Å². The van der Waals surface area contributed by atoms with Gasteiger partial charge in [-0.25, -0.2) is 10.4 Å². The van der Waals surface area contributed by atoms with Gasteiger partial charge in [-0.15, -0.1) is 11.3 Å². The second-order valence-electron chi connectivity index (χ2n) is 8.29. The molecule has 2 aromatic heterocycles. The molecule has 0 saturated heterocycles. The third kappa shape index (κ3) is 5.05. The normalized spacial score (nSPS) is 13.6. The zero-order valence-electron chi connectivity index (χ0n) is 19.1. The van der Waals surface area contributed by atoms with Gasteiger partial charge in [0.05, 0.1) is 22.5 Å². The van der Waals surface area contributed by atoms with Crippen LogP contribution in [-0.4, -0.2) is 26.9 Å². The van der Waals surface area contributed by atoms with E-state index in [9.17, 15) is 9.59 Å². The Hall–Kier alpha value is -2.94. The van der Waals surface area contributed by atoms with Gasteiger partial charge in [-0.3, -0.25) is 14.2 Å². The van der Waals surface area contributed by atoms with E-state index in [2.05, 4.69) is 10.5 Å². The maximum Gasteiger partial charge on any atom is 0.267 e. The zero-order valence-corrected chi connectivity index (χ0v) is 21.5. The second kappa shape index (κ2) is 10.4. The van der Waals surface area contributed by atoms with Gasteiger partial charge < -0.3 is 0 Å². The number of hydrogen-bond donors (Lipinski definition) is 1. The smallest absolute Gasteiger partial charge is 0.267 e. The van der Waals surface area contributed by atoms with Crippen molar-refractivity contribution in [1.29, 1.82) is 0 Å². The molecule has 6 nitrogen and oxygen atoms in total. The highest BCUT2D eigenvalue weighted by atomic mass is 35.5. The zero-order chi connectivity index (χ0) is 24.4. The van der Waals surface area contributed by atoms with Crippen LogP contribution in [0.25, 0.3) is 15.9 Å². The van der Waals surface area contributed by atoms with Gasteiger partial charge >= 0.3 is 0 Å². The van der Waals surface area contributed by atoms with E-state index < -0.39 is 0 Å². The highest BCUT2D eigenvalue weighted by Gasteiger charge is 2.23. The number of halogens is 1. The van der Waals surface area contributed by atoms with Crippen LogP contribution < -0.4 is 11.0 Å². The summed E-state index contributed by atoms with van der Waals surface area (Å²) >= 11 is 8.78. The van der Waals surface area contributed by atoms with Gasteiger partial charge in [0, 0.05) is 9.90 Å². The predicted octanol–water partition coefficient (Wildman–Crippen LogP) is 5.61. The lowest BCUT2D eigenvalue weighted by Gasteiger charge is -2.13. The van der Waals surface area contributed by atoms with Crippen molar-refractivity contribution in [3.63, 3.8) is 0 Å².